The van der Waals surface area contributed by atoms with Crippen molar-refractivity contribution in [3.8, 4) is 5.75 Å². The first-order chi connectivity index (χ1) is 12.5. The molecule has 0 unspecified atom stereocenters. The molecule has 1 aromatic heterocycles. The van der Waals surface area contributed by atoms with Crippen LogP contribution in [0.15, 0.2) is 29.1 Å². The summed E-state index contributed by atoms with van der Waals surface area (Å²) in [5, 5.41) is 22.4. The third kappa shape index (κ3) is 4.41. The largest absolute Gasteiger partial charge is 0.506 e. The molecule has 0 atom stereocenters. The summed E-state index contributed by atoms with van der Waals surface area (Å²) in [7, 11) is 0. The second kappa shape index (κ2) is 9.03. The van der Waals surface area contributed by atoms with E-state index in [0.29, 0.717) is 17.4 Å². The summed E-state index contributed by atoms with van der Waals surface area (Å²) in [4.78, 5) is 36.1. The van der Waals surface area contributed by atoms with Gasteiger partial charge in [0.1, 0.15) is 11.3 Å². The number of benzene rings is 1. The number of hydrogen-bond acceptors (Lipinski definition) is 4. The average molecular weight is 360 g/mol. The number of nitrogens with one attached hydrogen (secondary N) is 1. The van der Waals surface area contributed by atoms with Crippen molar-refractivity contribution in [1.82, 2.24) is 9.88 Å². The second-order valence-electron chi connectivity index (χ2n) is 6.16. The number of para-hydroxylation sites is 1. The van der Waals surface area contributed by atoms with Crippen LogP contribution in [0.3, 0.4) is 0 Å². The van der Waals surface area contributed by atoms with Crippen molar-refractivity contribution < 1.29 is 19.8 Å². The Labute approximate surface area is 151 Å². The van der Waals surface area contributed by atoms with Crippen LogP contribution in [-0.2, 0) is 11.3 Å². The van der Waals surface area contributed by atoms with Crippen molar-refractivity contribution in [1.29, 1.82) is 0 Å². The maximum absolute atomic E-state index is 12.7. The molecule has 0 saturated heterocycles. The van der Waals surface area contributed by atoms with Gasteiger partial charge in [-0.3, -0.25) is 14.4 Å². The lowest BCUT2D eigenvalue weighted by molar-refractivity contribution is -0.137. The zero-order valence-electron chi connectivity index (χ0n) is 14.8. The maximum atomic E-state index is 12.7. The number of pyridine rings is 1. The number of carboxylic acid groups (broad SMARTS) is 1. The summed E-state index contributed by atoms with van der Waals surface area (Å²) in [6.07, 6.45) is 3.66. The van der Waals surface area contributed by atoms with Gasteiger partial charge in [-0.1, -0.05) is 38.3 Å². The molecule has 3 N–H and O–H groups in total. The van der Waals surface area contributed by atoms with Crippen molar-refractivity contribution in [2.75, 3.05) is 6.54 Å². The van der Waals surface area contributed by atoms with E-state index in [0.717, 1.165) is 25.7 Å². The standard InChI is InChI=1S/C19H24N2O5/c1-2-3-4-7-11-20-18(25)16-17(24)13-8-5-6-9-14(13)21(19(16)26)12-10-15(22)23/h5-6,8-9,24H,2-4,7,10-12H2,1H3,(H,20,25)(H,22,23). The van der Waals surface area contributed by atoms with E-state index in [-0.39, 0.29) is 24.3 Å². The molecule has 0 fully saturated rings. The van der Waals surface area contributed by atoms with E-state index in [4.69, 9.17) is 5.11 Å². The summed E-state index contributed by atoms with van der Waals surface area (Å²) in [5.74, 6) is -2.06. The molecule has 0 spiro atoms. The highest BCUT2D eigenvalue weighted by atomic mass is 16.4. The van der Waals surface area contributed by atoms with Gasteiger partial charge in [0.15, 0.2) is 0 Å². The van der Waals surface area contributed by atoms with E-state index in [9.17, 15) is 19.5 Å². The number of fused-ring (bicyclic) bond motifs is 1. The van der Waals surface area contributed by atoms with Gasteiger partial charge in [-0.15, -0.1) is 0 Å². The molecule has 1 amide bonds. The van der Waals surface area contributed by atoms with Gasteiger partial charge in [0.05, 0.1) is 11.9 Å². The van der Waals surface area contributed by atoms with E-state index < -0.39 is 17.4 Å². The molecule has 2 aromatic rings. The molecule has 0 aliphatic carbocycles. The fourth-order valence-corrected chi connectivity index (χ4v) is 2.87. The van der Waals surface area contributed by atoms with Crippen LogP contribution in [0.4, 0.5) is 0 Å². The minimum Gasteiger partial charge on any atom is -0.506 e. The van der Waals surface area contributed by atoms with Crippen molar-refractivity contribution in [3.05, 3.63) is 40.2 Å². The average Bonchev–Trinajstić information content (AvgIpc) is 2.61. The summed E-state index contributed by atoms with van der Waals surface area (Å²) in [5.41, 5.74) is -0.631. The van der Waals surface area contributed by atoms with Crippen LogP contribution in [0.2, 0.25) is 0 Å². The van der Waals surface area contributed by atoms with Crippen LogP contribution in [0.1, 0.15) is 49.4 Å². The van der Waals surface area contributed by atoms with Gasteiger partial charge in [-0.25, -0.2) is 0 Å². The summed E-state index contributed by atoms with van der Waals surface area (Å²) >= 11 is 0. The molecular weight excluding hydrogens is 336 g/mol. The fourth-order valence-electron chi connectivity index (χ4n) is 2.87. The molecule has 7 heteroatoms. The molecule has 7 nitrogen and oxygen atoms in total. The van der Waals surface area contributed by atoms with Gasteiger partial charge in [-0.2, -0.15) is 0 Å². The first-order valence-electron chi connectivity index (χ1n) is 8.81. The van der Waals surface area contributed by atoms with Gasteiger partial charge in [0.2, 0.25) is 0 Å². The first-order valence-corrected chi connectivity index (χ1v) is 8.81. The third-order valence-corrected chi connectivity index (χ3v) is 4.24. The molecule has 26 heavy (non-hydrogen) atoms. The number of aliphatic carboxylic acids is 1. The minimum atomic E-state index is -1.05. The Hall–Kier alpha value is -2.83. The Morgan fingerprint density at radius 2 is 1.88 bits per heavy atom. The lowest BCUT2D eigenvalue weighted by Crippen LogP contribution is -2.34. The fraction of sp³-hybridized carbons (Fsp3) is 0.421. The Morgan fingerprint density at radius 1 is 1.15 bits per heavy atom. The molecule has 0 radical (unpaired) electrons. The molecule has 1 aromatic carbocycles. The molecule has 0 aliphatic heterocycles. The van der Waals surface area contributed by atoms with Crippen LogP contribution in [-0.4, -0.2) is 33.2 Å². The zero-order chi connectivity index (χ0) is 19.1. The van der Waals surface area contributed by atoms with Crippen LogP contribution < -0.4 is 10.9 Å². The smallest absolute Gasteiger partial charge is 0.305 e. The number of aryl methyl sites for hydroxylation is 1. The maximum Gasteiger partial charge on any atom is 0.305 e. The summed E-state index contributed by atoms with van der Waals surface area (Å²) in [6.45, 7) is 2.43. The SMILES string of the molecule is CCCCCCNC(=O)c1c(O)c2ccccc2n(CCC(=O)O)c1=O. The Balaban J connectivity index is 2.37. The number of carboxylic acids is 1. The predicted octanol–water partition coefficient (Wildman–Crippen LogP) is 2.49. The number of carbonyl (C=O) groups excluding carboxylic acids is 1. The van der Waals surface area contributed by atoms with Gasteiger partial charge in [0, 0.05) is 18.5 Å². The lowest BCUT2D eigenvalue weighted by atomic mass is 10.1. The lowest BCUT2D eigenvalue weighted by Gasteiger charge is -2.14. The van der Waals surface area contributed by atoms with E-state index in [1.54, 1.807) is 24.3 Å². The number of amides is 1. The Bertz CT molecular complexity index is 857. The van der Waals surface area contributed by atoms with Gasteiger partial charge >= 0.3 is 5.97 Å². The Morgan fingerprint density at radius 3 is 2.58 bits per heavy atom. The monoisotopic (exact) mass is 360 g/mol. The van der Waals surface area contributed by atoms with Crippen LogP contribution in [0.5, 0.6) is 5.75 Å². The highest BCUT2D eigenvalue weighted by molar-refractivity contribution is 6.02. The predicted molar refractivity (Wildman–Crippen MR) is 98.6 cm³/mol. The summed E-state index contributed by atoms with van der Waals surface area (Å²) in [6, 6.07) is 6.58. The molecule has 140 valence electrons. The van der Waals surface area contributed by atoms with Crippen molar-refractivity contribution in [3.63, 3.8) is 0 Å². The molecular formula is C19H24N2O5. The topological polar surface area (TPSA) is 109 Å². The third-order valence-electron chi connectivity index (χ3n) is 4.24. The Kier molecular flexibility index (Phi) is 6.77. The summed E-state index contributed by atoms with van der Waals surface area (Å²) < 4.78 is 1.23. The number of rotatable bonds is 9. The number of aromatic nitrogens is 1. The quantitative estimate of drug-likeness (QED) is 0.595. The van der Waals surface area contributed by atoms with E-state index in [2.05, 4.69) is 12.2 Å². The molecule has 0 bridgehead atoms. The van der Waals surface area contributed by atoms with E-state index in [1.165, 1.54) is 4.57 Å². The molecule has 0 saturated carbocycles. The van der Waals surface area contributed by atoms with Crippen molar-refractivity contribution in [2.45, 2.75) is 45.6 Å². The second-order valence-corrected chi connectivity index (χ2v) is 6.16. The van der Waals surface area contributed by atoms with Gasteiger partial charge < -0.3 is 20.1 Å². The molecule has 0 aliphatic rings. The molecule has 1 heterocycles. The highest BCUT2D eigenvalue weighted by Crippen LogP contribution is 2.26. The number of hydrogen-bond donors (Lipinski definition) is 3. The number of carbonyl (C=O) groups is 2. The van der Waals surface area contributed by atoms with Crippen LogP contribution in [0.25, 0.3) is 10.9 Å². The number of aromatic hydroxyl groups is 1. The normalized spacial score (nSPS) is 10.8. The van der Waals surface area contributed by atoms with E-state index >= 15 is 0 Å². The van der Waals surface area contributed by atoms with Crippen molar-refractivity contribution >= 4 is 22.8 Å². The zero-order valence-corrected chi connectivity index (χ0v) is 14.8. The number of unbranched alkanes of at least 4 members (excludes halogenated alkanes) is 3. The van der Waals surface area contributed by atoms with Crippen molar-refractivity contribution in [2.24, 2.45) is 0 Å². The highest BCUT2D eigenvalue weighted by Gasteiger charge is 2.22. The first kappa shape index (κ1) is 19.5. The van der Waals surface area contributed by atoms with Gasteiger partial charge in [-0.05, 0) is 18.6 Å². The van der Waals surface area contributed by atoms with Crippen LogP contribution in [0, 0.1) is 0 Å². The van der Waals surface area contributed by atoms with E-state index in [1.807, 2.05) is 0 Å². The number of nitrogens with zero attached hydrogens (tertiary/aromatic N) is 1. The molecule has 2 rings (SSSR count). The van der Waals surface area contributed by atoms with Gasteiger partial charge in [0.25, 0.3) is 11.5 Å². The minimum absolute atomic E-state index is 0.0776. The van der Waals surface area contributed by atoms with Crippen LogP contribution >= 0.6 is 0 Å².